The summed E-state index contributed by atoms with van der Waals surface area (Å²) in [5, 5.41) is 6.04. The highest BCUT2D eigenvalue weighted by Gasteiger charge is 2.46. The topological polar surface area (TPSA) is 91.0 Å². The predicted molar refractivity (Wildman–Crippen MR) is 169 cm³/mol. The third kappa shape index (κ3) is 5.92. The number of hydrogen-bond donors (Lipinski definition) is 2. The molecular weight excluding hydrogens is 552 g/mol. The Bertz CT molecular complexity index is 1730. The standard InChI is InChI=1S/C36H34N4O4/c1-23-17-24(2)19-27(18-23)37-34(41)30(20-25-11-6-4-7-12-25)40-22-31-32(35(40)42)33(38-36(43)39(31)3)26-13-10-16-29(21-26)44-28-14-8-5-9-15-28/h4-19,21,30,33H,20,22H2,1-3H3,(H,37,41)(H,38,43)/t30-,33-/m0/s1. The van der Waals surface area contributed by atoms with E-state index in [0.29, 0.717) is 40.4 Å². The maximum atomic E-state index is 14.3. The van der Waals surface area contributed by atoms with E-state index >= 15 is 0 Å². The number of ether oxygens (including phenoxy) is 1. The van der Waals surface area contributed by atoms with Crippen molar-refractivity contribution < 1.29 is 19.1 Å². The van der Waals surface area contributed by atoms with Gasteiger partial charge < -0.3 is 20.3 Å². The fourth-order valence-electron chi connectivity index (χ4n) is 5.93. The quantitative estimate of drug-likeness (QED) is 0.260. The Balaban J connectivity index is 1.32. The number of nitrogens with one attached hydrogen (secondary N) is 2. The van der Waals surface area contributed by atoms with Gasteiger partial charge in [-0.2, -0.15) is 0 Å². The van der Waals surface area contributed by atoms with Crippen molar-refractivity contribution in [2.24, 2.45) is 0 Å². The molecule has 2 N–H and O–H groups in total. The van der Waals surface area contributed by atoms with Gasteiger partial charge in [0.25, 0.3) is 5.91 Å². The largest absolute Gasteiger partial charge is 0.457 e. The molecule has 0 fully saturated rings. The molecule has 0 saturated heterocycles. The lowest BCUT2D eigenvalue weighted by molar-refractivity contribution is -0.134. The first-order chi connectivity index (χ1) is 21.3. The lowest BCUT2D eigenvalue weighted by atomic mass is 9.95. The van der Waals surface area contributed by atoms with Crippen LogP contribution in [0.5, 0.6) is 11.5 Å². The molecule has 2 aliphatic rings. The third-order valence-electron chi connectivity index (χ3n) is 8.00. The minimum absolute atomic E-state index is 0.132. The Kier molecular flexibility index (Phi) is 7.89. The molecule has 0 spiro atoms. The number of carbonyl (C=O) groups excluding carboxylic acids is 3. The van der Waals surface area contributed by atoms with Gasteiger partial charge in [-0.1, -0.05) is 66.7 Å². The van der Waals surface area contributed by atoms with Gasteiger partial charge in [-0.25, -0.2) is 4.79 Å². The maximum Gasteiger partial charge on any atom is 0.322 e. The van der Waals surface area contributed by atoms with Crippen LogP contribution in [0.3, 0.4) is 0 Å². The first kappa shape index (κ1) is 28.7. The molecule has 8 heteroatoms. The second-order valence-corrected chi connectivity index (χ2v) is 11.3. The van der Waals surface area contributed by atoms with Crippen molar-refractivity contribution in [3.63, 3.8) is 0 Å². The van der Waals surface area contributed by atoms with Crippen LogP contribution in [-0.2, 0) is 16.0 Å². The number of nitrogens with zero attached hydrogens (tertiary/aromatic N) is 2. The van der Waals surface area contributed by atoms with Crippen LogP contribution in [0.2, 0.25) is 0 Å². The van der Waals surface area contributed by atoms with Gasteiger partial charge in [-0.05, 0) is 72.5 Å². The monoisotopic (exact) mass is 586 g/mol. The van der Waals surface area contributed by atoms with Crippen LogP contribution in [0.1, 0.15) is 28.3 Å². The van der Waals surface area contributed by atoms with Crippen molar-refractivity contribution in [3.8, 4) is 11.5 Å². The second-order valence-electron chi connectivity index (χ2n) is 11.3. The summed E-state index contributed by atoms with van der Waals surface area (Å²) in [5.41, 5.74) is 5.40. The van der Waals surface area contributed by atoms with Crippen molar-refractivity contribution in [3.05, 3.63) is 137 Å². The zero-order valence-electron chi connectivity index (χ0n) is 24.9. The molecule has 4 aromatic carbocycles. The number of rotatable bonds is 8. The zero-order valence-corrected chi connectivity index (χ0v) is 24.9. The lowest BCUT2D eigenvalue weighted by Crippen LogP contribution is -2.47. The molecule has 2 heterocycles. The Morgan fingerprint density at radius 2 is 1.55 bits per heavy atom. The minimum atomic E-state index is -0.812. The number of carbonyl (C=O) groups is 3. The molecule has 0 unspecified atom stereocenters. The van der Waals surface area contributed by atoms with E-state index in [0.717, 1.165) is 16.7 Å². The molecule has 0 aliphatic carbocycles. The van der Waals surface area contributed by atoms with Gasteiger partial charge in [0.15, 0.2) is 0 Å². The summed E-state index contributed by atoms with van der Waals surface area (Å²) in [6.07, 6.45) is 0.319. The van der Waals surface area contributed by atoms with Gasteiger partial charge in [0.2, 0.25) is 5.91 Å². The molecule has 2 aliphatic heterocycles. The van der Waals surface area contributed by atoms with Gasteiger partial charge in [-0.15, -0.1) is 0 Å². The summed E-state index contributed by atoms with van der Waals surface area (Å²) in [7, 11) is 1.65. The van der Waals surface area contributed by atoms with Crippen molar-refractivity contribution >= 4 is 23.5 Å². The van der Waals surface area contributed by atoms with Gasteiger partial charge >= 0.3 is 6.03 Å². The number of urea groups is 1. The fraction of sp³-hybridized carbons (Fsp3) is 0.194. The molecule has 0 aromatic heterocycles. The Hall–Kier alpha value is -5.37. The van der Waals surface area contributed by atoms with Crippen molar-refractivity contribution in [2.75, 3.05) is 18.9 Å². The minimum Gasteiger partial charge on any atom is -0.457 e. The summed E-state index contributed by atoms with van der Waals surface area (Å²) in [6, 6.07) is 30.5. The average molecular weight is 587 g/mol. The first-order valence-corrected chi connectivity index (χ1v) is 14.6. The van der Waals surface area contributed by atoms with Crippen molar-refractivity contribution in [2.45, 2.75) is 32.4 Å². The maximum absolute atomic E-state index is 14.3. The van der Waals surface area contributed by atoms with E-state index < -0.39 is 12.1 Å². The lowest BCUT2D eigenvalue weighted by Gasteiger charge is -2.31. The number of likely N-dealkylation sites (N-methyl/N-ethyl adjacent to an activating group) is 1. The molecule has 0 radical (unpaired) electrons. The molecule has 4 amide bonds. The third-order valence-corrected chi connectivity index (χ3v) is 8.00. The Morgan fingerprint density at radius 3 is 2.25 bits per heavy atom. The number of benzene rings is 4. The number of aryl methyl sites for hydroxylation is 2. The predicted octanol–water partition coefficient (Wildman–Crippen LogP) is 6.14. The summed E-state index contributed by atoms with van der Waals surface area (Å²) in [5.74, 6) is 0.686. The Morgan fingerprint density at radius 1 is 0.886 bits per heavy atom. The van der Waals surface area contributed by atoms with E-state index in [1.165, 1.54) is 4.90 Å². The van der Waals surface area contributed by atoms with Crippen LogP contribution >= 0.6 is 0 Å². The average Bonchev–Trinajstić information content (AvgIpc) is 3.35. The van der Waals surface area contributed by atoms with Crippen LogP contribution in [0.4, 0.5) is 10.5 Å². The van der Waals surface area contributed by atoms with Crippen molar-refractivity contribution in [1.82, 2.24) is 15.1 Å². The zero-order chi connectivity index (χ0) is 30.8. The summed E-state index contributed by atoms with van der Waals surface area (Å²) in [4.78, 5) is 44.5. The number of para-hydroxylation sites is 1. The molecule has 2 atom stereocenters. The van der Waals surface area contributed by atoms with E-state index in [4.69, 9.17) is 4.74 Å². The second kappa shape index (κ2) is 12.1. The van der Waals surface area contributed by atoms with Crippen LogP contribution in [0.25, 0.3) is 0 Å². The van der Waals surface area contributed by atoms with Gasteiger partial charge in [-0.3, -0.25) is 14.5 Å². The smallest absolute Gasteiger partial charge is 0.322 e. The first-order valence-electron chi connectivity index (χ1n) is 14.6. The van der Waals surface area contributed by atoms with Gasteiger partial charge in [0, 0.05) is 19.2 Å². The number of anilines is 1. The molecule has 44 heavy (non-hydrogen) atoms. The SMILES string of the molecule is Cc1cc(C)cc(NC(=O)[C@H](Cc2ccccc2)N2CC3=C(C2=O)[C@H](c2cccc(Oc4ccccc4)c2)NC(=O)N3C)c1. The van der Waals surface area contributed by atoms with Crippen LogP contribution in [-0.4, -0.2) is 47.3 Å². The van der Waals surface area contributed by atoms with Gasteiger partial charge in [0.05, 0.1) is 23.9 Å². The molecule has 6 rings (SSSR count). The molecule has 0 saturated carbocycles. The normalized spacial score (nSPS) is 16.8. The fourth-order valence-corrected chi connectivity index (χ4v) is 5.93. The highest BCUT2D eigenvalue weighted by molar-refractivity contribution is 6.05. The van der Waals surface area contributed by atoms with E-state index in [1.54, 1.807) is 11.9 Å². The number of hydrogen-bond acceptors (Lipinski definition) is 4. The summed E-state index contributed by atoms with van der Waals surface area (Å²) >= 11 is 0. The molecule has 222 valence electrons. The molecule has 0 bridgehead atoms. The highest BCUT2D eigenvalue weighted by atomic mass is 16.5. The highest BCUT2D eigenvalue weighted by Crippen LogP contribution is 2.38. The van der Waals surface area contributed by atoms with Crippen LogP contribution < -0.4 is 15.4 Å². The van der Waals surface area contributed by atoms with Crippen molar-refractivity contribution in [1.29, 1.82) is 0 Å². The Labute approximate surface area is 256 Å². The van der Waals surface area contributed by atoms with Crippen LogP contribution in [0, 0.1) is 13.8 Å². The molecule has 4 aromatic rings. The van der Waals surface area contributed by atoms with E-state index in [2.05, 4.69) is 10.6 Å². The van der Waals surface area contributed by atoms with E-state index in [-0.39, 0.29) is 24.4 Å². The summed E-state index contributed by atoms with van der Waals surface area (Å²) < 4.78 is 6.04. The summed E-state index contributed by atoms with van der Waals surface area (Å²) in [6.45, 7) is 4.09. The molecule has 8 nitrogen and oxygen atoms in total. The van der Waals surface area contributed by atoms with Crippen LogP contribution in [0.15, 0.2) is 114 Å². The van der Waals surface area contributed by atoms with E-state index in [9.17, 15) is 14.4 Å². The number of amides is 4. The molecular formula is C36H34N4O4. The van der Waals surface area contributed by atoms with E-state index in [1.807, 2.05) is 117 Å². The van der Waals surface area contributed by atoms with Gasteiger partial charge in [0.1, 0.15) is 17.5 Å².